The fourth-order valence-corrected chi connectivity index (χ4v) is 3.23. The number of nitrogens with one attached hydrogen (secondary N) is 1. The van der Waals surface area contributed by atoms with Gasteiger partial charge in [0.05, 0.1) is 24.1 Å². The molecule has 0 aliphatic heterocycles. The summed E-state index contributed by atoms with van der Waals surface area (Å²) in [5, 5.41) is 0. The Morgan fingerprint density at radius 1 is 1.17 bits per heavy atom. The molecule has 0 unspecified atom stereocenters. The molecule has 0 saturated heterocycles. The normalized spacial score (nSPS) is 11.0. The van der Waals surface area contributed by atoms with E-state index < -0.39 is 5.82 Å². The quantitative estimate of drug-likeness (QED) is 0.626. The number of H-pyrrole nitrogens is 1. The number of aryl methyl sites for hydroxylation is 1. The van der Waals surface area contributed by atoms with E-state index in [1.54, 1.807) is 29.6 Å². The Hall–Kier alpha value is -3.15. The first-order chi connectivity index (χ1) is 13.8. The highest BCUT2D eigenvalue weighted by Gasteiger charge is 2.22. The van der Waals surface area contributed by atoms with Crippen LogP contribution in [-0.2, 0) is 6.54 Å². The van der Waals surface area contributed by atoms with E-state index in [2.05, 4.69) is 14.9 Å². The van der Waals surface area contributed by atoms with Gasteiger partial charge in [-0.05, 0) is 48.7 Å². The summed E-state index contributed by atoms with van der Waals surface area (Å²) in [4.78, 5) is 24.1. The van der Waals surface area contributed by atoms with Gasteiger partial charge >= 0.3 is 0 Å². The minimum Gasteiger partial charge on any atom is -0.369 e. The Kier molecular flexibility index (Phi) is 6.32. The van der Waals surface area contributed by atoms with Crippen LogP contribution in [0, 0.1) is 18.7 Å². The smallest absolute Gasteiger partial charge is 0.261 e. The van der Waals surface area contributed by atoms with Crippen molar-refractivity contribution in [2.24, 2.45) is 5.92 Å². The maximum atomic E-state index is 14.5. The van der Waals surface area contributed by atoms with Gasteiger partial charge in [-0.25, -0.2) is 9.37 Å². The van der Waals surface area contributed by atoms with E-state index in [1.165, 1.54) is 6.07 Å². The fourth-order valence-electron chi connectivity index (χ4n) is 3.23. The average molecular weight is 394 g/mol. The van der Waals surface area contributed by atoms with Crippen LogP contribution < -0.4 is 9.80 Å². The fraction of sp³-hybridized carbons (Fsp3) is 0.304. The molecule has 0 fully saturated rings. The molecule has 0 atom stereocenters. The number of nitrogens with zero attached hydrogens (tertiary/aromatic N) is 3. The first-order valence-corrected chi connectivity index (χ1v) is 9.71. The zero-order valence-corrected chi connectivity index (χ0v) is 17.3. The van der Waals surface area contributed by atoms with Gasteiger partial charge in [-0.3, -0.25) is 4.79 Å². The minimum absolute atomic E-state index is 0.0902. The lowest BCUT2D eigenvalue weighted by Gasteiger charge is -2.27. The van der Waals surface area contributed by atoms with Crippen LogP contribution in [0.4, 0.5) is 15.8 Å². The van der Waals surface area contributed by atoms with Crippen molar-refractivity contribution >= 4 is 17.3 Å². The van der Waals surface area contributed by atoms with Gasteiger partial charge in [0.15, 0.2) is 0 Å². The van der Waals surface area contributed by atoms with E-state index >= 15 is 0 Å². The molecule has 0 saturated carbocycles. The number of rotatable bonds is 7. The number of halogens is 1. The molecule has 0 radical (unpaired) electrons. The number of imidazole rings is 1. The number of carbonyl (C=O) groups excluding carboxylic acids is 1. The molecule has 0 spiro atoms. The van der Waals surface area contributed by atoms with Gasteiger partial charge in [-0.1, -0.05) is 26.0 Å². The molecule has 6 heteroatoms. The van der Waals surface area contributed by atoms with Crippen LogP contribution in [0.1, 0.15) is 35.5 Å². The third-order valence-electron chi connectivity index (χ3n) is 4.69. The number of hydrogen-bond acceptors (Lipinski definition) is 3. The Bertz CT molecular complexity index is 969. The molecule has 5 nitrogen and oxygen atoms in total. The molecule has 2 aromatic carbocycles. The number of anilines is 2. The van der Waals surface area contributed by atoms with Gasteiger partial charge in [-0.15, -0.1) is 0 Å². The van der Waals surface area contributed by atoms with E-state index in [0.29, 0.717) is 13.1 Å². The summed E-state index contributed by atoms with van der Waals surface area (Å²) in [5.41, 5.74) is 3.58. The number of aromatic nitrogens is 2. The molecule has 1 heterocycles. The third kappa shape index (κ3) is 5.02. The van der Waals surface area contributed by atoms with Crippen LogP contribution in [0.25, 0.3) is 0 Å². The lowest BCUT2D eigenvalue weighted by atomic mass is 10.1. The van der Waals surface area contributed by atoms with Gasteiger partial charge in [0.1, 0.15) is 5.82 Å². The zero-order valence-electron chi connectivity index (χ0n) is 17.3. The molecular weight excluding hydrogens is 367 g/mol. The predicted molar refractivity (Wildman–Crippen MR) is 115 cm³/mol. The molecule has 1 amide bonds. The van der Waals surface area contributed by atoms with Gasteiger partial charge in [-0.2, -0.15) is 0 Å². The van der Waals surface area contributed by atoms with Crippen molar-refractivity contribution in [2.75, 3.05) is 23.4 Å². The van der Waals surface area contributed by atoms with Crippen LogP contribution in [0.3, 0.4) is 0 Å². The monoisotopic (exact) mass is 394 g/mol. The van der Waals surface area contributed by atoms with E-state index in [1.807, 2.05) is 52.1 Å². The van der Waals surface area contributed by atoms with Crippen molar-refractivity contribution in [1.29, 1.82) is 0 Å². The van der Waals surface area contributed by atoms with Gasteiger partial charge in [0.2, 0.25) is 0 Å². The average Bonchev–Trinajstić information content (AvgIpc) is 3.18. The highest BCUT2D eigenvalue weighted by molar-refractivity contribution is 6.06. The largest absolute Gasteiger partial charge is 0.369 e. The van der Waals surface area contributed by atoms with Crippen LogP contribution in [0.5, 0.6) is 0 Å². The Morgan fingerprint density at radius 2 is 1.93 bits per heavy atom. The van der Waals surface area contributed by atoms with Gasteiger partial charge in [0.25, 0.3) is 5.91 Å². The van der Waals surface area contributed by atoms with Gasteiger partial charge < -0.3 is 14.8 Å². The van der Waals surface area contributed by atoms with Gasteiger partial charge in [0, 0.05) is 31.2 Å². The maximum absolute atomic E-state index is 14.5. The molecule has 0 bridgehead atoms. The van der Waals surface area contributed by atoms with E-state index in [4.69, 9.17) is 0 Å². The van der Waals surface area contributed by atoms with Crippen molar-refractivity contribution in [3.8, 4) is 0 Å². The second-order valence-corrected chi connectivity index (χ2v) is 7.75. The Balaban J connectivity index is 1.91. The second-order valence-electron chi connectivity index (χ2n) is 7.75. The van der Waals surface area contributed by atoms with Crippen LogP contribution in [0.15, 0.2) is 55.0 Å². The molecule has 29 heavy (non-hydrogen) atoms. The molecule has 1 aromatic heterocycles. The van der Waals surface area contributed by atoms with E-state index in [0.717, 1.165) is 22.6 Å². The first-order valence-electron chi connectivity index (χ1n) is 9.71. The van der Waals surface area contributed by atoms with Crippen molar-refractivity contribution in [3.63, 3.8) is 0 Å². The maximum Gasteiger partial charge on any atom is 0.261 e. The summed E-state index contributed by atoms with van der Waals surface area (Å²) in [6.07, 6.45) is 3.44. The highest BCUT2D eigenvalue weighted by Crippen LogP contribution is 2.26. The lowest BCUT2D eigenvalue weighted by molar-refractivity contribution is 0.0980. The summed E-state index contributed by atoms with van der Waals surface area (Å²) in [6, 6.07) is 12.5. The molecular formula is C23H27FN4O. The Labute approximate surface area is 171 Å². The van der Waals surface area contributed by atoms with Crippen LogP contribution >= 0.6 is 0 Å². The SMILES string of the molecule is Cc1ccc(C(=O)N(CC(C)C)c2cccc(N(C)Cc3cnc[nH]3)c2)c(F)c1. The number of aromatic amines is 1. The standard InChI is InChI=1S/C23H27FN4O/c1-16(2)13-28(23(29)21-9-8-17(3)10-22(21)24)20-7-5-6-19(11-20)27(4)14-18-12-25-15-26-18/h5-12,15-16H,13-14H2,1-4H3,(H,25,26). The number of benzene rings is 2. The van der Waals surface area contributed by atoms with Crippen molar-refractivity contribution in [3.05, 3.63) is 77.6 Å². The van der Waals surface area contributed by atoms with Crippen LogP contribution in [-0.4, -0.2) is 29.5 Å². The molecule has 152 valence electrons. The van der Waals surface area contributed by atoms with Crippen molar-refractivity contribution in [2.45, 2.75) is 27.3 Å². The molecule has 1 N–H and O–H groups in total. The van der Waals surface area contributed by atoms with E-state index in [9.17, 15) is 9.18 Å². The summed E-state index contributed by atoms with van der Waals surface area (Å²) in [7, 11) is 1.98. The number of amides is 1. The number of hydrogen-bond donors (Lipinski definition) is 1. The van der Waals surface area contributed by atoms with Crippen molar-refractivity contribution in [1.82, 2.24) is 9.97 Å². The minimum atomic E-state index is -0.490. The van der Waals surface area contributed by atoms with Crippen molar-refractivity contribution < 1.29 is 9.18 Å². The summed E-state index contributed by atoms with van der Waals surface area (Å²) in [6.45, 7) is 7.05. The zero-order chi connectivity index (χ0) is 21.0. The second kappa shape index (κ2) is 8.90. The molecule has 3 rings (SSSR count). The summed E-state index contributed by atoms with van der Waals surface area (Å²) < 4.78 is 14.5. The highest BCUT2D eigenvalue weighted by atomic mass is 19.1. The Morgan fingerprint density at radius 3 is 2.59 bits per heavy atom. The lowest BCUT2D eigenvalue weighted by Crippen LogP contribution is -2.35. The summed E-state index contributed by atoms with van der Waals surface area (Å²) >= 11 is 0. The van der Waals surface area contributed by atoms with E-state index in [-0.39, 0.29) is 17.4 Å². The first kappa shape index (κ1) is 20.6. The number of carbonyl (C=O) groups is 1. The third-order valence-corrected chi connectivity index (χ3v) is 4.69. The molecule has 0 aliphatic carbocycles. The topological polar surface area (TPSA) is 52.2 Å². The van der Waals surface area contributed by atoms with Crippen LogP contribution in [0.2, 0.25) is 0 Å². The molecule has 3 aromatic rings. The summed E-state index contributed by atoms with van der Waals surface area (Å²) in [5.74, 6) is -0.584. The molecule has 0 aliphatic rings. The predicted octanol–water partition coefficient (Wildman–Crippen LogP) is 4.80.